The molecule has 1 aromatic carbocycles. The number of likely N-dealkylation sites (N-methyl/N-ethyl adjacent to an activating group) is 2. The minimum absolute atomic E-state index is 0.00441. The van der Waals surface area contributed by atoms with Crippen LogP contribution >= 0.6 is 12.2 Å². The summed E-state index contributed by atoms with van der Waals surface area (Å²) < 4.78 is 5.33. The molecule has 26 heavy (non-hydrogen) atoms. The van der Waals surface area contributed by atoms with E-state index in [2.05, 4.69) is 10.4 Å². The van der Waals surface area contributed by atoms with Crippen molar-refractivity contribution in [2.24, 2.45) is 5.10 Å². The number of para-hydroxylation sites is 1. The van der Waals surface area contributed by atoms with Crippen LogP contribution in [-0.4, -0.2) is 64.7 Å². The van der Waals surface area contributed by atoms with Gasteiger partial charge in [0, 0.05) is 24.9 Å². The van der Waals surface area contributed by atoms with Gasteiger partial charge in [-0.25, -0.2) is 9.80 Å². The fourth-order valence-corrected chi connectivity index (χ4v) is 3.57. The Balaban J connectivity index is 1.76. The molecule has 2 aliphatic rings. The second kappa shape index (κ2) is 7.74. The maximum absolute atomic E-state index is 12.5. The average Bonchev–Trinajstić information content (AvgIpc) is 3.10. The molecule has 2 amide bonds. The predicted octanol–water partition coefficient (Wildman–Crippen LogP) is 2.31. The number of ether oxygens (including phenoxy) is 1. The Labute approximate surface area is 158 Å². The zero-order valence-electron chi connectivity index (χ0n) is 15.1. The summed E-state index contributed by atoms with van der Waals surface area (Å²) in [6.45, 7) is 5.14. The molecule has 0 saturated carbocycles. The number of methoxy groups -OCH3 is 1. The lowest BCUT2D eigenvalue weighted by atomic mass is 10.2. The number of rotatable bonds is 6. The fraction of sp³-hybridized carbons (Fsp3) is 0.389. The number of carbonyl (C=O) groups excluding carboxylic acids is 1. The summed E-state index contributed by atoms with van der Waals surface area (Å²) in [5, 5.41) is 9.89. The smallest absolute Gasteiger partial charge is 0.323 e. The highest BCUT2D eigenvalue weighted by atomic mass is 32.1. The fourth-order valence-electron chi connectivity index (χ4n) is 3.30. The summed E-state index contributed by atoms with van der Waals surface area (Å²) in [6.07, 6.45) is 5.03. The van der Waals surface area contributed by atoms with Crippen LogP contribution in [-0.2, 0) is 0 Å². The molecule has 1 N–H and O–H groups in total. The molecule has 138 valence electrons. The van der Waals surface area contributed by atoms with Crippen LogP contribution in [0.15, 0.2) is 35.4 Å². The Bertz CT molecular complexity index is 751. The van der Waals surface area contributed by atoms with E-state index in [-0.39, 0.29) is 18.4 Å². The minimum atomic E-state index is -0.226. The first-order valence-electron chi connectivity index (χ1n) is 8.63. The molecule has 2 saturated heterocycles. The van der Waals surface area contributed by atoms with Gasteiger partial charge in [0.15, 0.2) is 11.3 Å². The van der Waals surface area contributed by atoms with Gasteiger partial charge < -0.3 is 15.0 Å². The standard InChI is InChI=1S/C18H23N5O2S/c1-4-21-15-16(22(5-2)18(21)24)23(17(26)20-15)19-12-8-10-13-9-6-7-11-14(13)25-3/h6-12,15-16H,4-5H2,1-3H3,(H,20,26)/b10-8+,19-12+. The number of thiocarbonyl (C=S) groups is 1. The number of nitrogens with one attached hydrogen (secondary N) is 1. The third kappa shape index (κ3) is 3.12. The zero-order chi connectivity index (χ0) is 18.7. The molecular formula is C18H23N5O2S. The van der Waals surface area contributed by atoms with Crippen molar-refractivity contribution in [2.75, 3.05) is 20.2 Å². The Morgan fingerprint density at radius 1 is 1.27 bits per heavy atom. The predicted molar refractivity (Wildman–Crippen MR) is 106 cm³/mol. The molecule has 0 bridgehead atoms. The summed E-state index contributed by atoms with van der Waals surface area (Å²) in [4.78, 5) is 16.0. The molecule has 2 atom stereocenters. The van der Waals surface area contributed by atoms with Gasteiger partial charge in [-0.1, -0.05) is 18.2 Å². The first-order valence-corrected chi connectivity index (χ1v) is 9.03. The molecule has 0 aromatic heterocycles. The number of hydrogen-bond donors (Lipinski definition) is 1. The Morgan fingerprint density at radius 2 is 2.00 bits per heavy atom. The molecule has 2 unspecified atom stereocenters. The first-order chi connectivity index (χ1) is 12.6. The number of hydrazone groups is 1. The van der Waals surface area contributed by atoms with Crippen LogP contribution in [0.2, 0.25) is 0 Å². The monoisotopic (exact) mass is 373 g/mol. The van der Waals surface area contributed by atoms with Crippen LogP contribution < -0.4 is 10.1 Å². The number of allylic oxidation sites excluding steroid dienone is 1. The highest BCUT2D eigenvalue weighted by Gasteiger charge is 2.53. The highest BCUT2D eigenvalue weighted by Crippen LogP contribution is 2.29. The SMILES string of the molecule is CCN1C(=O)N(CC)C2C1NC(=S)N2/N=C/C=C/c1ccccc1OC. The van der Waals surface area contributed by atoms with E-state index in [1.165, 1.54) is 0 Å². The third-order valence-corrected chi connectivity index (χ3v) is 4.84. The van der Waals surface area contributed by atoms with E-state index in [4.69, 9.17) is 17.0 Å². The van der Waals surface area contributed by atoms with E-state index in [1.807, 2.05) is 50.3 Å². The Morgan fingerprint density at radius 3 is 2.69 bits per heavy atom. The van der Waals surface area contributed by atoms with Gasteiger partial charge in [0.25, 0.3) is 0 Å². The molecule has 0 spiro atoms. The van der Waals surface area contributed by atoms with Crippen molar-refractivity contribution in [3.63, 3.8) is 0 Å². The van der Waals surface area contributed by atoms with Crippen LogP contribution in [0, 0.1) is 0 Å². The van der Waals surface area contributed by atoms with E-state index >= 15 is 0 Å². The molecule has 7 nitrogen and oxygen atoms in total. The van der Waals surface area contributed by atoms with E-state index in [0.29, 0.717) is 18.2 Å². The normalized spacial score (nSPS) is 22.7. The van der Waals surface area contributed by atoms with Crippen LogP contribution in [0.5, 0.6) is 5.75 Å². The van der Waals surface area contributed by atoms with E-state index in [9.17, 15) is 4.79 Å². The highest BCUT2D eigenvalue weighted by molar-refractivity contribution is 7.80. The van der Waals surface area contributed by atoms with Crippen molar-refractivity contribution in [3.05, 3.63) is 35.9 Å². The molecular weight excluding hydrogens is 350 g/mol. The molecule has 8 heteroatoms. The molecule has 2 fully saturated rings. The van der Waals surface area contributed by atoms with Gasteiger partial charge in [0.2, 0.25) is 0 Å². The number of nitrogens with zero attached hydrogens (tertiary/aromatic N) is 4. The quantitative estimate of drug-likeness (QED) is 0.613. The van der Waals surface area contributed by atoms with Crippen molar-refractivity contribution in [1.82, 2.24) is 20.1 Å². The summed E-state index contributed by atoms with van der Waals surface area (Å²) in [5.41, 5.74) is 0.963. The third-order valence-electron chi connectivity index (χ3n) is 4.53. The molecule has 2 aliphatic heterocycles. The minimum Gasteiger partial charge on any atom is -0.496 e. The number of carbonyl (C=O) groups is 1. The van der Waals surface area contributed by atoms with Gasteiger partial charge in [-0.3, -0.25) is 4.90 Å². The average molecular weight is 373 g/mol. The van der Waals surface area contributed by atoms with E-state index in [0.717, 1.165) is 11.3 Å². The molecule has 3 rings (SSSR count). The Kier molecular flexibility index (Phi) is 5.41. The maximum atomic E-state index is 12.5. The summed E-state index contributed by atoms with van der Waals surface area (Å²) in [5.74, 6) is 0.799. The number of benzene rings is 1. The van der Waals surface area contributed by atoms with Gasteiger partial charge in [-0.05, 0) is 44.3 Å². The molecule has 1 aromatic rings. The zero-order valence-corrected chi connectivity index (χ0v) is 15.9. The van der Waals surface area contributed by atoms with Crippen molar-refractivity contribution >= 4 is 35.7 Å². The van der Waals surface area contributed by atoms with Crippen LogP contribution in [0.25, 0.3) is 6.08 Å². The van der Waals surface area contributed by atoms with Gasteiger partial charge in [-0.15, -0.1) is 0 Å². The second-order valence-electron chi connectivity index (χ2n) is 5.87. The van der Waals surface area contributed by atoms with Crippen molar-refractivity contribution in [1.29, 1.82) is 0 Å². The van der Waals surface area contributed by atoms with Crippen molar-refractivity contribution in [3.8, 4) is 5.75 Å². The number of hydrogen-bond acceptors (Lipinski definition) is 4. The van der Waals surface area contributed by atoms with Crippen LogP contribution in [0.4, 0.5) is 4.79 Å². The van der Waals surface area contributed by atoms with Crippen LogP contribution in [0.1, 0.15) is 19.4 Å². The summed E-state index contributed by atoms with van der Waals surface area (Å²) >= 11 is 5.41. The van der Waals surface area contributed by atoms with Crippen molar-refractivity contribution in [2.45, 2.75) is 26.2 Å². The van der Waals surface area contributed by atoms with Gasteiger partial charge in [-0.2, -0.15) is 5.10 Å². The number of urea groups is 1. The topological polar surface area (TPSA) is 60.4 Å². The second-order valence-corrected chi connectivity index (χ2v) is 6.26. The largest absolute Gasteiger partial charge is 0.496 e. The van der Waals surface area contributed by atoms with Gasteiger partial charge in [0.05, 0.1) is 7.11 Å². The number of amides is 2. The first kappa shape index (κ1) is 18.2. The van der Waals surface area contributed by atoms with Gasteiger partial charge in [0.1, 0.15) is 11.9 Å². The van der Waals surface area contributed by atoms with E-state index < -0.39 is 0 Å². The summed E-state index contributed by atoms with van der Waals surface area (Å²) in [7, 11) is 1.64. The maximum Gasteiger partial charge on any atom is 0.323 e. The van der Waals surface area contributed by atoms with Crippen molar-refractivity contribution < 1.29 is 9.53 Å². The lowest BCUT2D eigenvalue weighted by Crippen LogP contribution is -2.43. The van der Waals surface area contributed by atoms with Crippen LogP contribution in [0.3, 0.4) is 0 Å². The Hall–Kier alpha value is -2.61. The van der Waals surface area contributed by atoms with Gasteiger partial charge >= 0.3 is 6.03 Å². The lowest BCUT2D eigenvalue weighted by molar-refractivity contribution is 0.157. The lowest BCUT2D eigenvalue weighted by Gasteiger charge is -2.25. The number of fused-ring (bicyclic) bond motifs is 1. The van der Waals surface area contributed by atoms with E-state index in [1.54, 1.807) is 28.1 Å². The summed E-state index contributed by atoms with van der Waals surface area (Å²) in [6, 6.07) is 7.75. The molecule has 0 radical (unpaired) electrons. The molecule has 2 heterocycles. The molecule has 0 aliphatic carbocycles.